The monoisotopic (exact) mass is 336 g/mol. The molecule has 2 N–H and O–H groups in total. The van der Waals surface area contributed by atoms with Crippen LogP contribution >= 0.6 is 11.8 Å². The first kappa shape index (κ1) is 15.0. The van der Waals surface area contributed by atoms with Crippen molar-refractivity contribution in [3.8, 4) is 0 Å². The molecule has 0 saturated heterocycles. The second-order valence-corrected chi connectivity index (χ2v) is 6.44. The molecule has 2 heterocycles. The van der Waals surface area contributed by atoms with Gasteiger partial charge in [-0.25, -0.2) is 4.98 Å². The average Bonchev–Trinajstić information content (AvgIpc) is 3.13. The van der Waals surface area contributed by atoms with E-state index in [1.165, 1.54) is 11.8 Å². The molecule has 1 aromatic heterocycles. The molecule has 6 heteroatoms. The van der Waals surface area contributed by atoms with Gasteiger partial charge in [0.05, 0.1) is 29.0 Å². The number of fused-ring (bicyclic) bond motifs is 2. The van der Waals surface area contributed by atoms with Gasteiger partial charge in [-0.05, 0) is 12.1 Å². The lowest BCUT2D eigenvalue weighted by Crippen LogP contribution is -2.20. The Balaban J connectivity index is 1.67. The van der Waals surface area contributed by atoms with Gasteiger partial charge in [-0.3, -0.25) is 9.79 Å². The largest absolute Gasteiger partial charge is 0.363 e. The molecule has 0 aliphatic carbocycles. The van der Waals surface area contributed by atoms with Gasteiger partial charge in [0, 0.05) is 17.3 Å². The summed E-state index contributed by atoms with van der Waals surface area (Å²) in [5.41, 5.74) is 2.57. The molecule has 0 spiro atoms. The van der Waals surface area contributed by atoms with Gasteiger partial charge in [0.15, 0.2) is 5.17 Å². The fourth-order valence-electron chi connectivity index (χ4n) is 2.76. The van der Waals surface area contributed by atoms with Crippen LogP contribution in [0.5, 0.6) is 0 Å². The Hall–Kier alpha value is -2.60. The van der Waals surface area contributed by atoms with Gasteiger partial charge in [-0.2, -0.15) is 0 Å². The maximum absolute atomic E-state index is 12.4. The van der Waals surface area contributed by atoms with Gasteiger partial charge < -0.3 is 10.6 Å². The number of aliphatic imine (C=N–C) groups is 1. The molecule has 4 rings (SSSR count). The number of para-hydroxylation sites is 2. The first-order chi connectivity index (χ1) is 11.8. The number of benzene rings is 2. The Morgan fingerprint density at radius 3 is 2.38 bits per heavy atom. The minimum absolute atomic E-state index is 0.0436. The van der Waals surface area contributed by atoms with E-state index in [1.807, 2.05) is 48.5 Å². The fourth-order valence-corrected chi connectivity index (χ4v) is 3.48. The topological polar surface area (TPSA) is 66.4 Å². The highest BCUT2D eigenvalue weighted by molar-refractivity contribution is 8.14. The predicted molar refractivity (Wildman–Crippen MR) is 101 cm³/mol. The summed E-state index contributed by atoms with van der Waals surface area (Å²) in [4.78, 5) is 21.4. The van der Waals surface area contributed by atoms with Crippen LogP contribution in [0.3, 0.4) is 0 Å². The molecule has 5 nitrogen and oxygen atoms in total. The minimum Gasteiger partial charge on any atom is -0.363 e. The summed E-state index contributed by atoms with van der Waals surface area (Å²) in [7, 11) is 0. The SMILES string of the molecule is O=C(CSC1=NCCN1)Nc1c2ccccc2nc2ccccc12. The van der Waals surface area contributed by atoms with E-state index in [1.54, 1.807) is 0 Å². The molecule has 3 aromatic rings. The normalized spacial score (nSPS) is 13.8. The number of aromatic nitrogens is 1. The fraction of sp³-hybridized carbons (Fsp3) is 0.167. The number of amidine groups is 1. The number of amides is 1. The van der Waals surface area contributed by atoms with Crippen LogP contribution in [-0.4, -0.2) is 34.9 Å². The number of anilines is 1. The van der Waals surface area contributed by atoms with Crippen molar-refractivity contribution in [2.75, 3.05) is 24.2 Å². The Labute approximate surface area is 143 Å². The molecule has 1 aliphatic heterocycles. The van der Waals surface area contributed by atoms with Crippen LogP contribution in [0.2, 0.25) is 0 Å². The maximum Gasteiger partial charge on any atom is 0.234 e. The summed E-state index contributed by atoms with van der Waals surface area (Å²) < 4.78 is 0. The highest BCUT2D eigenvalue weighted by Crippen LogP contribution is 2.30. The van der Waals surface area contributed by atoms with Gasteiger partial charge in [-0.1, -0.05) is 48.2 Å². The van der Waals surface area contributed by atoms with Crippen LogP contribution in [0, 0.1) is 0 Å². The minimum atomic E-state index is -0.0436. The lowest BCUT2D eigenvalue weighted by Gasteiger charge is -2.12. The van der Waals surface area contributed by atoms with Crippen molar-refractivity contribution >= 4 is 50.3 Å². The molecular formula is C18H16N4OS. The molecule has 0 fully saturated rings. The van der Waals surface area contributed by atoms with E-state index < -0.39 is 0 Å². The van der Waals surface area contributed by atoms with Crippen LogP contribution in [0.1, 0.15) is 0 Å². The zero-order valence-electron chi connectivity index (χ0n) is 13.0. The van der Waals surface area contributed by atoms with Crippen molar-refractivity contribution in [3.63, 3.8) is 0 Å². The predicted octanol–water partition coefficient (Wildman–Crippen LogP) is 3.02. The third-order valence-electron chi connectivity index (χ3n) is 3.84. The Kier molecular flexibility index (Phi) is 4.04. The Morgan fingerprint density at radius 1 is 1.08 bits per heavy atom. The van der Waals surface area contributed by atoms with Gasteiger partial charge in [0.25, 0.3) is 0 Å². The van der Waals surface area contributed by atoms with Crippen molar-refractivity contribution in [2.45, 2.75) is 0 Å². The lowest BCUT2D eigenvalue weighted by molar-refractivity contribution is -0.113. The number of rotatable bonds is 3. The van der Waals surface area contributed by atoms with Gasteiger partial charge in [0.1, 0.15) is 0 Å². The number of nitrogens with zero attached hydrogens (tertiary/aromatic N) is 2. The number of thioether (sulfide) groups is 1. The summed E-state index contributed by atoms with van der Waals surface area (Å²) in [6.07, 6.45) is 0. The molecule has 0 atom stereocenters. The average molecular weight is 336 g/mol. The zero-order valence-corrected chi connectivity index (χ0v) is 13.8. The molecule has 1 aliphatic rings. The summed E-state index contributed by atoms with van der Waals surface area (Å²) in [5, 5.41) is 8.97. The number of hydrogen-bond acceptors (Lipinski definition) is 5. The Bertz CT molecular complexity index is 900. The molecule has 0 bridgehead atoms. The highest BCUT2D eigenvalue weighted by atomic mass is 32.2. The molecule has 2 aromatic carbocycles. The maximum atomic E-state index is 12.4. The standard InChI is InChI=1S/C18H16N4OS/c23-16(11-24-18-19-9-10-20-18)22-17-12-5-1-3-7-14(12)21-15-8-4-2-6-13(15)17/h1-8H,9-11H2,(H,19,20)(H,21,22,23). The van der Waals surface area contributed by atoms with Crippen LogP contribution in [0.4, 0.5) is 5.69 Å². The second kappa shape index (κ2) is 6.49. The quantitative estimate of drug-likeness (QED) is 0.722. The molecule has 0 radical (unpaired) electrons. The van der Waals surface area contributed by atoms with Crippen LogP contribution in [-0.2, 0) is 4.79 Å². The third-order valence-corrected chi connectivity index (χ3v) is 4.79. The summed E-state index contributed by atoms with van der Waals surface area (Å²) >= 11 is 1.43. The number of carbonyl (C=O) groups excluding carboxylic acids is 1. The van der Waals surface area contributed by atoms with Crippen molar-refractivity contribution in [3.05, 3.63) is 48.5 Å². The molecule has 0 saturated carbocycles. The molecular weight excluding hydrogens is 320 g/mol. The van der Waals surface area contributed by atoms with E-state index in [0.29, 0.717) is 5.75 Å². The van der Waals surface area contributed by atoms with Gasteiger partial charge in [0.2, 0.25) is 5.91 Å². The number of pyridine rings is 1. The molecule has 1 amide bonds. The van der Waals surface area contributed by atoms with Gasteiger partial charge in [-0.15, -0.1) is 0 Å². The summed E-state index contributed by atoms with van der Waals surface area (Å²) in [6, 6.07) is 15.7. The second-order valence-electron chi connectivity index (χ2n) is 5.47. The number of nitrogens with one attached hydrogen (secondary N) is 2. The van der Waals surface area contributed by atoms with Crippen molar-refractivity contribution in [1.82, 2.24) is 10.3 Å². The van der Waals surface area contributed by atoms with Crippen LogP contribution in [0.15, 0.2) is 53.5 Å². The molecule has 0 unspecified atom stereocenters. The van der Waals surface area contributed by atoms with Crippen LogP contribution in [0.25, 0.3) is 21.8 Å². The smallest absolute Gasteiger partial charge is 0.234 e. The summed E-state index contributed by atoms with van der Waals surface area (Å²) in [5.74, 6) is 0.287. The van der Waals surface area contributed by atoms with E-state index in [2.05, 4.69) is 20.6 Å². The first-order valence-electron chi connectivity index (χ1n) is 7.80. The number of hydrogen-bond donors (Lipinski definition) is 2. The van der Waals surface area contributed by atoms with E-state index in [4.69, 9.17) is 0 Å². The highest BCUT2D eigenvalue weighted by Gasteiger charge is 2.13. The molecule has 120 valence electrons. The van der Waals surface area contributed by atoms with E-state index in [0.717, 1.165) is 45.8 Å². The number of carbonyl (C=O) groups is 1. The van der Waals surface area contributed by atoms with Crippen molar-refractivity contribution in [2.24, 2.45) is 4.99 Å². The lowest BCUT2D eigenvalue weighted by atomic mass is 10.1. The van der Waals surface area contributed by atoms with E-state index in [-0.39, 0.29) is 5.91 Å². The van der Waals surface area contributed by atoms with Crippen molar-refractivity contribution in [1.29, 1.82) is 0 Å². The van der Waals surface area contributed by atoms with E-state index in [9.17, 15) is 4.79 Å². The van der Waals surface area contributed by atoms with Crippen molar-refractivity contribution < 1.29 is 4.79 Å². The Morgan fingerprint density at radius 2 is 1.75 bits per heavy atom. The van der Waals surface area contributed by atoms with Gasteiger partial charge >= 0.3 is 0 Å². The molecule has 24 heavy (non-hydrogen) atoms. The third kappa shape index (κ3) is 2.92. The first-order valence-corrected chi connectivity index (χ1v) is 8.78. The van der Waals surface area contributed by atoms with E-state index >= 15 is 0 Å². The summed E-state index contributed by atoms with van der Waals surface area (Å²) in [6.45, 7) is 1.63. The van der Waals surface area contributed by atoms with Crippen LogP contribution < -0.4 is 10.6 Å². The zero-order chi connectivity index (χ0) is 16.4.